The molecule has 0 aliphatic carbocycles. The summed E-state index contributed by atoms with van der Waals surface area (Å²) in [6.07, 6.45) is 0.328. The Bertz CT molecular complexity index is 1190. The first-order chi connectivity index (χ1) is 17.1. The summed E-state index contributed by atoms with van der Waals surface area (Å²) in [6, 6.07) is 11.1. The minimum absolute atomic E-state index is 0.220. The lowest BCUT2D eigenvalue weighted by atomic mass is 10.1. The molecule has 1 aromatic heterocycles. The van der Waals surface area contributed by atoms with Crippen molar-refractivity contribution < 1.29 is 26.6 Å². The van der Waals surface area contributed by atoms with Gasteiger partial charge in [-0.3, -0.25) is 4.79 Å². The molecule has 1 N–H and O–H groups in total. The summed E-state index contributed by atoms with van der Waals surface area (Å²) >= 11 is 5.97. The van der Waals surface area contributed by atoms with Gasteiger partial charge in [-0.25, -0.2) is 22.9 Å². The molecule has 0 bridgehead atoms. The van der Waals surface area contributed by atoms with Gasteiger partial charge < -0.3 is 5.32 Å². The van der Waals surface area contributed by atoms with Crippen LogP contribution < -0.4 is 5.32 Å². The van der Waals surface area contributed by atoms with Crippen LogP contribution >= 0.6 is 11.6 Å². The van der Waals surface area contributed by atoms with Crippen molar-refractivity contribution in [3.63, 3.8) is 0 Å². The monoisotopic (exact) mass is 542 g/mol. The molecule has 1 aliphatic heterocycles. The van der Waals surface area contributed by atoms with Crippen molar-refractivity contribution in [1.82, 2.24) is 19.6 Å². The number of benzene rings is 2. The van der Waals surface area contributed by atoms with Crippen LogP contribution in [-0.2, 0) is 28.5 Å². The van der Waals surface area contributed by atoms with Crippen molar-refractivity contribution in [3.8, 4) is 11.1 Å². The summed E-state index contributed by atoms with van der Waals surface area (Å²) in [5.74, 6) is -1.48. The maximum absolute atomic E-state index is 12.7. The third kappa shape index (κ3) is 7.31. The molecule has 36 heavy (non-hydrogen) atoms. The Morgan fingerprint density at radius 2 is 1.81 bits per heavy atom. The number of carbonyl (C=O) groups excluding carboxylic acids is 1. The van der Waals surface area contributed by atoms with E-state index in [1.54, 1.807) is 30.3 Å². The Morgan fingerprint density at radius 1 is 1.14 bits per heavy atom. The molecule has 1 amide bonds. The van der Waals surface area contributed by atoms with Gasteiger partial charge in [0.1, 0.15) is 16.8 Å². The highest BCUT2D eigenvalue weighted by atomic mass is 35.5. The summed E-state index contributed by atoms with van der Waals surface area (Å²) in [5.41, 5.74) is 1.67. The maximum atomic E-state index is 12.7. The van der Waals surface area contributed by atoms with E-state index in [4.69, 9.17) is 11.6 Å². The minimum Gasteiger partial charge on any atom is -0.355 e. The second-order valence-electron chi connectivity index (χ2n) is 7.93. The van der Waals surface area contributed by atoms with Crippen LogP contribution in [0.4, 0.5) is 17.6 Å². The number of nitrogens with one attached hydrogen (secondary N) is 1. The molecular weight excluding hydrogens is 520 g/mol. The number of amides is 1. The van der Waals surface area contributed by atoms with E-state index >= 15 is 0 Å². The van der Waals surface area contributed by atoms with Crippen LogP contribution in [0.2, 0.25) is 5.02 Å². The van der Waals surface area contributed by atoms with Gasteiger partial charge in [-0.2, -0.15) is 13.2 Å². The summed E-state index contributed by atoms with van der Waals surface area (Å²) in [4.78, 5) is 17.6. The summed E-state index contributed by atoms with van der Waals surface area (Å²) in [5, 5.41) is 2.91. The Morgan fingerprint density at radius 3 is 2.36 bits per heavy atom. The number of rotatable bonds is 6. The molecule has 4 rings (SSSR count). The van der Waals surface area contributed by atoms with Crippen LogP contribution in [0.15, 0.2) is 59.8 Å². The molecule has 0 spiro atoms. The van der Waals surface area contributed by atoms with Gasteiger partial charge in [0.15, 0.2) is 0 Å². The van der Waals surface area contributed by atoms with E-state index in [9.17, 15) is 26.6 Å². The first kappa shape index (κ1) is 27.7. The van der Waals surface area contributed by atoms with E-state index in [-0.39, 0.29) is 12.4 Å². The van der Waals surface area contributed by atoms with E-state index in [2.05, 4.69) is 22.2 Å². The van der Waals surface area contributed by atoms with Crippen LogP contribution in [0.25, 0.3) is 11.1 Å². The van der Waals surface area contributed by atoms with Crippen molar-refractivity contribution in [1.29, 1.82) is 0 Å². The van der Waals surface area contributed by atoms with Gasteiger partial charge in [-0.15, -0.1) is 0 Å². The summed E-state index contributed by atoms with van der Waals surface area (Å²) in [6.45, 7) is 3.16. The predicted molar refractivity (Wildman–Crippen MR) is 129 cm³/mol. The second kappa shape index (κ2) is 12.4. The lowest BCUT2D eigenvalue weighted by molar-refractivity contribution is -0.145. The van der Waals surface area contributed by atoms with Crippen LogP contribution in [0.3, 0.4) is 0 Å². The maximum Gasteiger partial charge on any atom is 0.451 e. The van der Waals surface area contributed by atoms with Gasteiger partial charge in [-0.1, -0.05) is 17.7 Å². The number of hydrogen-bond donors (Lipinski definition) is 1. The SMILES string of the molecule is CC1CCCN1S(=O)c1ccc(F)cc1.O=CNCc1cc(-c2cnc(C(F)(F)F)nc2)ccc1Cl. The van der Waals surface area contributed by atoms with E-state index in [0.29, 0.717) is 39.1 Å². The molecule has 2 atom stereocenters. The molecule has 192 valence electrons. The van der Waals surface area contributed by atoms with Crippen molar-refractivity contribution in [2.45, 2.75) is 43.4 Å². The molecule has 3 aromatic rings. The zero-order chi connectivity index (χ0) is 26.3. The molecule has 2 heterocycles. The van der Waals surface area contributed by atoms with Crippen LogP contribution in [0, 0.1) is 5.82 Å². The Labute approximate surface area is 213 Å². The smallest absolute Gasteiger partial charge is 0.355 e. The fourth-order valence-corrected chi connectivity index (χ4v) is 5.06. The number of aromatic nitrogens is 2. The highest BCUT2D eigenvalue weighted by Crippen LogP contribution is 2.28. The fourth-order valence-electron chi connectivity index (χ4n) is 3.50. The van der Waals surface area contributed by atoms with E-state index in [1.807, 2.05) is 4.31 Å². The Hall–Kier alpha value is -2.89. The normalized spacial score (nSPS) is 16.7. The molecule has 0 radical (unpaired) electrons. The molecule has 2 aromatic carbocycles. The van der Waals surface area contributed by atoms with Crippen molar-refractivity contribution in [2.75, 3.05) is 6.54 Å². The molecule has 1 saturated heterocycles. The molecule has 0 saturated carbocycles. The first-order valence-corrected chi connectivity index (χ1v) is 12.4. The standard InChI is InChI=1S/C13H9ClF3N3O.C11H14FNOS/c14-11-2-1-8(3-9(11)4-18-7-21)10-5-19-12(20-6-10)13(15,16)17;1-9-3-2-8-13(9)15(14)11-6-4-10(12)5-7-11/h1-3,5-7H,4H2,(H,18,21);4-7,9H,2-3,8H2,1H3. The fraction of sp³-hybridized carbons (Fsp3) is 0.292. The van der Waals surface area contributed by atoms with E-state index in [0.717, 1.165) is 31.8 Å². The average Bonchev–Trinajstić information content (AvgIpc) is 3.29. The lowest BCUT2D eigenvalue weighted by Gasteiger charge is -2.19. The first-order valence-electron chi connectivity index (χ1n) is 10.9. The zero-order valence-corrected chi connectivity index (χ0v) is 20.7. The number of alkyl halides is 3. The predicted octanol–water partition coefficient (Wildman–Crippen LogP) is 5.39. The van der Waals surface area contributed by atoms with Crippen LogP contribution in [0.1, 0.15) is 31.2 Å². The molecule has 6 nitrogen and oxygen atoms in total. The highest BCUT2D eigenvalue weighted by molar-refractivity contribution is 7.82. The van der Waals surface area contributed by atoms with Crippen molar-refractivity contribution >= 4 is 29.0 Å². The third-order valence-corrected chi connectivity index (χ3v) is 7.39. The lowest BCUT2D eigenvalue weighted by Crippen LogP contribution is -2.28. The van der Waals surface area contributed by atoms with Gasteiger partial charge >= 0.3 is 6.18 Å². The molecule has 12 heteroatoms. The number of hydrogen-bond acceptors (Lipinski definition) is 4. The zero-order valence-electron chi connectivity index (χ0n) is 19.1. The molecule has 2 unspecified atom stereocenters. The third-order valence-electron chi connectivity index (χ3n) is 5.38. The quantitative estimate of drug-likeness (QED) is 0.334. The van der Waals surface area contributed by atoms with Gasteiger partial charge in [0, 0.05) is 42.1 Å². The average molecular weight is 543 g/mol. The molecule has 1 aliphatic rings. The Balaban J connectivity index is 0.000000212. The van der Waals surface area contributed by atoms with Crippen LogP contribution in [-0.4, -0.2) is 37.5 Å². The molecular formula is C24H23ClF4N4O2S. The summed E-state index contributed by atoms with van der Waals surface area (Å²) < 4.78 is 63.9. The van der Waals surface area contributed by atoms with Gasteiger partial charge in [0.2, 0.25) is 12.2 Å². The Kier molecular flexibility index (Phi) is 9.52. The van der Waals surface area contributed by atoms with Gasteiger partial charge in [0.25, 0.3) is 0 Å². The molecule has 1 fully saturated rings. The van der Waals surface area contributed by atoms with E-state index in [1.165, 1.54) is 12.1 Å². The number of carbonyl (C=O) groups is 1. The van der Waals surface area contributed by atoms with Crippen LogP contribution in [0.5, 0.6) is 0 Å². The number of halogens is 5. The van der Waals surface area contributed by atoms with Crippen molar-refractivity contribution in [2.24, 2.45) is 0 Å². The highest BCUT2D eigenvalue weighted by Gasteiger charge is 2.34. The second-order valence-corrected chi connectivity index (χ2v) is 9.78. The van der Waals surface area contributed by atoms with Crippen molar-refractivity contribution in [3.05, 3.63) is 77.1 Å². The largest absolute Gasteiger partial charge is 0.451 e. The minimum atomic E-state index is -4.57. The number of nitrogens with zero attached hydrogens (tertiary/aromatic N) is 3. The topological polar surface area (TPSA) is 75.2 Å². The van der Waals surface area contributed by atoms with Gasteiger partial charge in [0.05, 0.1) is 4.90 Å². The van der Waals surface area contributed by atoms with E-state index < -0.39 is 23.0 Å². The van der Waals surface area contributed by atoms with Gasteiger partial charge in [-0.05, 0) is 67.3 Å². The summed E-state index contributed by atoms with van der Waals surface area (Å²) in [7, 11) is -1.13.